The lowest BCUT2D eigenvalue weighted by Crippen LogP contribution is -2.23. The summed E-state index contributed by atoms with van der Waals surface area (Å²) >= 11 is 0. The second-order valence-corrected chi connectivity index (χ2v) is 5.99. The number of ether oxygens (including phenoxy) is 2. The largest absolute Gasteiger partial charge is 0.496 e. The van der Waals surface area contributed by atoms with Crippen molar-refractivity contribution in [3.8, 4) is 11.5 Å². The summed E-state index contributed by atoms with van der Waals surface area (Å²) in [6, 6.07) is 11.2. The van der Waals surface area contributed by atoms with Gasteiger partial charge in [0.1, 0.15) is 17.6 Å². The van der Waals surface area contributed by atoms with Gasteiger partial charge in [-0.2, -0.15) is 0 Å². The first kappa shape index (κ1) is 19.1. The first-order chi connectivity index (χ1) is 11.6. The SMILES string of the molecule is COc1cc2c(cc1CNC(=O)c1ccc(CN)cc1)OC(C)C2.Cl. The molecule has 3 N–H and O–H groups in total. The number of amides is 1. The Morgan fingerprint density at radius 2 is 2.04 bits per heavy atom. The molecular formula is C19H23ClN2O3. The van der Waals surface area contributed by atoms with Crippen molar-refractivity contribution in [1.82, 2.24) is 5.32 Å². The highest BCUT2D eigenvalue weighted by atomic mass is 35.5. The molecule has 134 valence electrons. The number of halogens is 1. The summed E-state index contributed by atoms with van der Waals surface area (Å²) in [5.41, 5.74) is 9.22. The van der Waals surface area contributed by atoms with Gasteiger partial charge in [-0.1, -0.05) is 12.1 Å². The number of carbonyl (C=O) groups excluding carboxylic acids is 1. The van der Waals surface area contributed by atoms with Gasteiger partial charge in [-0.05, 0) is 36.8 Å². The molecule has 0 aromatic heterocycles. The number of carbonyl (C=O) groups is 1. The Bertz CT molecular complexity index is 747. The van der Waals surface area contributed by atoms with Gasteiger partial charge in [-0.25, -0.2) is 0 Å². The fraction of sp³-hybridized carbons (Fsp3) is 0.316. The molecule has 0 aliphatic carbocycles. The molecule has 1 unspecified atom stereocenters. The van der Waals surface area contributed by atoms with E-state index >= 15 is 0 Å². The molecule has 2 aromatic carbocycles. The van der Waals surface area contributed by atoms with E-state index in [0.717, 1.165) is 34.6 Å². The summed E-state index contributed by atoms with van der Waals surface area (Å²) < 4.78 is 11.2. The molecule has 1 heterocycles. The summed E-state index contributed by atoms with van der Waals surface area (Å²) in [6.45, 7) is 2.89. The monoisotopic (exact) mass is 362 g/mol. The maximum absolute atomic E-state index is 12.3. The smallest absolute Gasteiger partial charge is 0.251 e. The lowest BCUT2D eigenvalue weighted by molar-refractivity contribution is 0.0950. The maximum atomic E-state index is 12.3. The molecule has 0 spiro atoms. The van der Waals surface area contributed by atoms with E-state index in [1.54, 1.807) is 19.2 Å². The van der Waals surface area contributed by atoms with Crippen LogP contribution in [0.1, 0.15) is 34.0 Å². The predicted octanol–water partition coefficient (Wildman–Crippen LogP) is 2.83. The molecule has 5 nitrogen and oxygen atoms in total. The molecule has 1 aliphatic heterocycles. The number of benzene rings is 2. The summed E-state index contributed by atoms with van der Waals surface area (Å²) in [6.07, 6.45) is 1.06. The molecule has 2 aromatic rings. The third kappa shape index (κ3) is 4.24. The minimum atomic E-state index is -0.129. The summed E-state index contributed by atoms with van der Waals surface area (Å²) in [5, 5.41) is 2.92. The van der Waals surface area contributed by atoms with Gasteiger partial charge in [0.25, 0.3) is 5.91 Å². The molecule has 1 atom stereocenters. The second kappa shape index (κ2) is 8.23. The topological polar surface area (TPSA) is 73.6 Å². The number of hydrogen-bond acceptors (Lipinski definition) is 4. The Hall–Kier alpha value is -2.24. The van der Waals surface area contributed by atoms with Crippen LogP contribution in [0.15, 0.2) is 36.4 Å². The number of hydrogen-bond donors (Lipinski definition) is 2. The van der Waals surface area contributed by atoms with Gasteiger partial charge >= 0.3 is 0 Å². The van der Waals surface area contributed by atoms with Crippen molar-refractivity contribution in [3.05, 3.63) is 58.7 Å². The lowest BCUT2D eigenvalue weighted by Gasteiger charge is -2.12. The summed E-state index contributed by atoms with van der Waals surface area (Å²) in [7, 11) is 1.64. The number of methoxy groups -OCH3 is 1. The van der Waals surface area contributed by atoms with E-state index in [1.807, 2.05) is 31.2 Å². The highest BCUT2D eigenvalue weighted by molar-refractivity contribution is 5.94. The quantitative estimate of drug-likeness (QED) is 0.857. The third-order valence-electron chi connectivity index (χ3n) is 4.19. The van der Waals surface area contributed by atoms with Gasteiger partial charge in [0.15, 0.2) is 0 Å². The van der Waals surface area contributed by atoms with Gasteiger partial charge < -0.3 is 20.5 Å². The minimum Gasteiger partial charge on any atom is -0.496 e. The Balaban J connectivity index is 0.00000225. The molecule has 25 heavy (non-hydrogen) atoms. The standard InChI is InChI=1S/C19H22N2O3.ClH/c1-12-7-15-8-17(23-2)16(9-18(15)24-12)11-21-19(22)14-5-3-13(10-20)4-6-14;/h3-6,8-9,12H,7,10-11,20H2,1-2H3,(H,21,22);1H. The van der Waals surface area contributed by atoms with Crippen molar-refractivity contribution in [2.45, 2.75) is 32.5 Å². The minimum absolute atomic E-state index is 0. The van der Waals surface area contributed by atoms with E-state index in [4.69, 9.17) is 15.2 Å². The van der Waals surface area contributed by atoms with Crippen LogP contribution >= 0.6 is 12.4 Å². The molecule has 6 heteroatoms. The van der Waals surface area contributed by atoms with E-state index in [0.29, 0.717) is 18.7 Å². The van der Waals surface area contributed by atoms with Crippen molar-refractivity contribution in [3.63, 3.8) is 0 Å². The van der Waals surface area contributed by atoms with Crippen molar-refractivity contribution in [1.29, 1.82) is 0 Å². The van der Waals surface area contributed by atoms with Crippen LogP contribution in [0.25, 0.3) is 0 Å². The van der Waals surface area contributed by atoms with E-state index in [2.05, 4.69) is 5.32 Å². The normalized spacial score (nSPS) is 14.9. The predicted molar refractivity (Wildman–Crippen MR) is 99.5 cm³/mol. The fourth-order valence-electron chi connectivity index (χ4n) is 2.88. The second-order valence-electron chi connectivity index (χ2n) is 5.99. The van der Waals surface area contributed by atoms with Gasteiger partial charge in [-0.15, -0.1) is 12.4 Å². The molecule has 0 fully saturated rings. The molecule has 0 radical (unpaired) electrons. The highest BCUT2D eigenvalue weighted by Crippen LogP contribution is 2.34. The van der Waals surface area contributed by atoms with Crippen LogP contribution in [0, 0.1) is 0 Å². The molecular weight excluding hydrogens is 340 g/mol. The van der Waals surface area contributed by atoms with Crippen molar-refractivity contribution < 1.29 is 14.3 Å². The highest BCUT2D eigenvalue weighted by Gasteiger charge is 2.21. The Labute approximate surface area is 153 Å². The number of nitrogens with two attached hydrogens (primary N) is 1. The van der Waals surface area contributed by atoms with E-state index in [-0.39, 0.29) is 24.4 Å². The van der Waals surface area contributed by atoms with Crippen LogP contribution < -0.4 is 20.5 Å². The van der Waals surface area contributed by atoms with Gasteiger partial charge in [-0.3, -0.25) is 4.79 Å². The van der Waals surface area contributed by atoms with Gasteiger partial charge in [0, 0.05) is 36.2 Å². The average Bonchev–Trinajstić information content (AvgIpc) is 2.97. The summed E-state index contributed by atoms with van der Waals surface area (Å²) in [4.78, 5) is 12.3. The Morgan fingerprint density at radius 3 is 2.68 bits per heavy atom. The molecule has 0 saturated carbocycles. The average molecular weight is 363 g/mol. The van der Waals surface area contributed by atoms with Crippen LogP contribution in [0.2, 0.25) is 0 Å². The van der Waals surface area contributed by atoms with Crippen molar-refractivity contribution in [2.24, 2.45) is 5.73 Å². The zero-order chi connectivity index (χ0) is 17.1. The molecule has 0 saturated heterocycles. The Kier molecular flexibility index (Phi) is 6.28. The van der Waals surface area contributed by atoms with Crippen LogP contribution in [-0.4, -0.2) is 19.1 Å². The van der Waals surface area contributed by atoms with Crippen molar-refractivity contribution in [2.75, 3.05) is 7.11 Å². The molecule has 1 amide bonds. The number of fused-ring (bicyclic) bond motifs is 1. The van der Waals surface area contributed by atoms with E-state index in [1.165, 1.54) is 0 Å². The molecule has 3 rings (SSSR count). The number of nitrogens with one attached hydrogen (secondary N) is 1. The fourth-order valence-corrected chi connectivity index (χ4v) is 2.88. The zero-order valence-electron chi connectivity index (χ0n) is 14.4. The van der Waals surface area contributed by atoms with Crippen molar-refractivity contribution >= 4 is 18.3 Å². The number of rotatable bonds is 5. The lowest BCUT2D eigenvalue weighted by atomic mass is 10.1. The van der Waals surface area contributed by atoms with Crippen LogP contribution in [0.4, 0.5) is 0 Å². The van der Waals surface area contributed by atoms with Crippen LogP contribution in [-0.2, 0) is 19.5 Å². The van der Waals surface area contributed by atoms with E-state index < -0.39 is 0 Å². The van der Waals surface area contributed by atoms with Gasteiger partial charge in [0.2, 0.25) is 0 Å². The van der Waals surface area contributed by atoms with Crippen LogP contribution in [0.3, 0.4) is 0 Å². The third-order valence-corrected chi connectivity index (χ3v) is 4.19. The molecule has 0 bridgehead atoms. The zero-order valence-corrected chi connectivity index (χ0v) is 15.2. The summed E-state index contributed by atoms with van der Waals surface area (Å²) in [5.74, 6) is 1.51. The van der Waals surface area contributed by atoms with E-state index in [9.17, 15) is 4.79 Å². The first-order valence-electron chi connectivity index (χ1n) is 8.04. The first-order valence-corrected chi connectivity index (χ1v) is 8.04. The maximum Gasteiger partial charge on any atom is 0.251 e. The van der Waals surface area contributed by atoms with Gasteiger partial charge in [0.05, 0.1) is 7.11 Å². The van der Waals surface area contributed by atoms with Crippen LogP contribution in [0.5, 0.6) is 11.5 Å². The Morgan fingerprint density at radius 1 is 1.32 bits per heavy atom. The molecule has 1 aliphatic rings.